The van der Waals surface area contributed by atoms with Crippen LogP contribution in [0, 0.1) is 0 Å². The number of hydrogen-bond donors (Lipinski definition) is 2. The lowest BCUT2D eigenvalue weighted by Crippen LogP contribution is -2.27. The van der Waals surface area contributed by atoms with Crippen LogP contribution in [-0.4, -0.2) is 36.9 Å². The molecule has 0 radical (unpaired) electrons. The van der Waals surface area contributed by atoms with E-state index in [2.05, 4.69) is 41.6 Å². The van der Waals surface area contributed by atoms with E-state index in [0.717, 1.165) is 18.7 Å². The number of nitrogens with one attached hydrogen (secondary N) is 2. The Labute approximate surface area is 159 Å². The summed E-state index contributed by atoms with van der Waals surface area (Å²) in [6.07, 6.45) is 1.03. The zero-order valence-electron chi connectivity index (χ0n) is 15.5. The maximum absolute atomic E-state index is 12.0. The van der Waals surface area contributed by atoms with Crippen LogP contribution in [0.1, 0.15) is 40.6 Å². The van der Waals surface area contributed by atoms with Crippen LogP contribution >= 0.6 is 11.3 Å². The van der Waals surface area contributed by atoms with Gasteiger partial charge in [-0.05, 0) is 42.6 Å². The summed E-state index contributed by atoms with van der Waals surface area (Å²) in [7, 11) is 2.09. The molecule has 1 aromatic heterocycles. The summed E-state index contributed by atoms with van der Waals surface area (Å²) in [5.41, 5.74) is 2.35. The first-order chi connectivity index (χ1) is 12.6. The Hall–Kier alpha value is -2.18. The normalized spacial score (nSPS) is 10.7. The number of hydrogen-bond acceptors (Lipinski definition) is 4. The fraction of sp³-hybridized carbons (Fsp3) is 0.400. The monoisotopic (exact) mass is 373 g/mol. The molecule has 0 aliphatic carbocycles. The third-order valence-electron chi connectivity index (χ3n) is 4.08. The van der Waals surface area contributed by atoms with Crippen LogP contribution in [-0.2, 0) is 17.9 Å². The van der Waals surface area contributed by atoms with Crippen LogP contribution in [0.4, 0.5) is 0 Å². The molecule has 0 spiro atoms. The first-order valence-corrected chi connectivity index (χ1v) is 9.81. The van der Waals surface area contributed by atoms with Crippen molar-refractivity contribution in [1.29, 1.82) is 0 Å². The maximum Gasteiger partial charge on any atom is 0.261 e. The minimum absolute atomic E-state index is 0.00597. The molecule has 1 heterocycles. The Kier molecular flexibility index (Phi) is 8.31. The van der Waals surface area contributed by atoms with Crippen LogP contribution in [0.2, 0.25) is 0 Å². The zero-order valence-corrected chi connectivity index (χ0v) is 16.3. The van der Waals surface area contributed by atoms with Gasteiger partial charge in [-0.15, -0.1) is 11.3 Å². The van der Waals surface area contributed by atoms with Gasteiger partial charge in [0.15, 0.2) is 0 Å². The largest absolute Gasteiger partial charge is 0.352 e. The van der Waals surface area contributed by atoms with Gasteiger partial charge in [0.1, 0.15) is 0 Å². The number of rotatable bonds is 10. The third kappa shape index (κ3) is 6.98. The molecule has 2 rings (SSSR count). The van der Waals surface area contributed by atoms with E-state index in [-0.39, 0.29) is 11.8 Å². The van der Waals surface area contributed by atoms with Gasteiger partial charge >= 0.3 is 0 Å². The van der Waals surface area contributed by atoms with E-state index in [1.165, 1.54) is 16.9 Å². The lowest BCUT2D eigenvalue weighted by Gasteiger charge is -2.14. The van der Waals surface area contributed by atoms with Crippen molar-refractivity contribution in [3.63, 3.8) is 0 Å². The molecule has 0 saturated heterocycles. The average molecular weight is 374 g/mol. The van der Waals surface area contributed by atoms with Gasteiger partial charge in [0.05, 0.1) is 4.88 Å². The highest BCUT2D eigenvalue weighted by Crippen LogP contribution is 2.08. The van der Waals surface area contributed by atoms with E-state index in [9.17, 15) is 9.59 Å². The van der Waals surface area contributed by atoms with Crippen molar-refractivity contribution in [2.45, 2.75) is 32.9 Å². The maximum atomic E-state index is 12.0. The zero-order chi connectivity index (χ0) is 18.8. The average Bonchev–Trinajstić information content (AvgIpc) is 3.18. The summed E-state index contributed by atoms with van der Waals surface area (Å²) in [5.74, 6) is -0.0688. The Morgan fingerprint density at radius 3 is 2.65 bits per heavy atom. The second-order valence-corrected chi connectivity index (χ2v) is 7.21. The molecular weight excluding hydrogens is 346 g/mol. The molecule has 26 heavy (non-hydrogen) atoms. The molecule has 140 valence electrons. The first kappa shape index (κ1) is 20.1. The molecule has 0 fully saturated rings. The van der Waals surface area contributed by atoms with Crippen LogP contribution in [0.5, 0.6) is 0 Å². The number of amides is 2. The molecule has 2 aromatic rings. The highest BCUT2D eigenvalue weighted by atomic mass is 32.1. The summed E-state index contributed by atoms with van der Waals surface area (Å²) in [4.78, 5) is 26.7. The molecule has 0 saturated carbocycles. The van der Waals surface area contributed by atoms with E-state index in [1.807, 2.05) is 23.6 Å². The fourth-order valence-electron chi connectivity index (χ4n) is 2.50. The number of thiophene rings is 1. The predicted molar refractivity (Wildman–Crippen MR) is 106 cm³/mol. The molecule has 0 aliphatic heterocycles. The van der Waals surface area contributed by atoms with Gasteiger partial charge in [-0.25, -0.2) is 0 Å². The Balaban J connectivity index is 1.65. The standard InChI is InChI=1S/C20H27N3O2S/c1-3-23(2)15-17-8-4-7-16(13-17)14-22-19(24)10-5-11-21-20(25)18-9-6-12-26-18/h4,6-9,12-13H,3,5,10-11,14-15H2,1-2H3,(H,21,25)(H,22,24). The second kappa shape index (κ2) is 10.7. The van der Waals surface area contributed by atoms with E-state index >= 15 is 0 Å². The Morgan fingerprint density at radius 2 is 1.92 bits per heavy atom. The predicted octanol–water partition coefficient (Wildman–Crippen LogP) is 3.03. The smallest absolute Gasteiger partial charge is 0.261 e. The molecule has 6 heteroatoms. The minimum Gasteiger partial charge on any atom is -0.352 e. The molecule has 0 bridgehead atoms. The molecule has 2 N–H and O–H groups in total. The van der Waals surface area contributed by atoms with Crippen LogP contribution in [0.3, 0.4) is 0 Å². The summed E-state index contributed by atoms with van der Waals surface area (Å²) in [5, 5.41) is 7.65. The van der Waals surface area contributed by atoms with E-state index in [1.54, 1.807) is 6.07 Å². The molecular formula is C20H27N3O2S. The lowest BCUT2D eigenvalue weighted by molar-refractivity contribution is -0.121. The highest BCUT2D eigenvalue weighted by molar-refractivity contribution is 7.12. The van der Waals surface area contributed by atoms with Gasteiger partial charge in [-0.2, -0.15) is 0 Å². The van der Waals surface area contributed by atoms with Crippen molar-refractivity contribution in [3.8, 4) is 0 Å². The lowest BCUT2D eigenvalue weighted by atomic mass is 10.1. The van der Waals surface area contributed by atoms with Crippen molar-refractivity contribution in [2.75, 3.05) is 20.1 Å². The molecule has 2 amide bonds. The van der Waals surface area contributed by atoms with E-state index < -0.39 is 0 Å². The van der Waals surface area contributed by atoms with Crippen molar-refractivity contribution in [3.05, 3.63) is 57.8 Å². The Morgan fingerprint density at radius 1 is 1.12 bits per heavy atom. The van der Waals surface area contributed by atoms with Gasteiger partial charge < -0.3 is 15.5 Å². The van der Waals surface area contributed by atoms with Gasteiger partial charge in [0.2, 0.25) is 5.91 Å². The molecule has 0 atom stereocenters. The minimum atomic E-state index is -0.0747. The molecule has 0 aliphatic rings. The van der Waals surface area contributed by atoms with Gasteiger partial charge in [-0.1, -0.05) is 37.3 Å². The first-order valence-electron chi connectivity index (χ1n) is 8.93. The molecule has 1 aromatic carbocycles. The van der Waals surface area contributed by atoms with Gasteiger partial charge in [-0.3, -0.25) is 9.59 Å². The van der Waals surface area contributed by atoms with Crippen molar-refractivity contribution < 1.29 is 9.59 Å². The quantitative estimate of drug-likeness (QED) is 0.629. The van der Waals surface area contributed by atoms with E-state index in [0.29, 0.717) is 30.8 Å². The highest BCUT2D eigenvalue weighted by Gasteiger charge is 2.06. The third-order valence-corrected chi connectivity index (χ3v) is 4.95. The number of carbonyl (C=O) groups excluding carboxylic acids is 2. The Bertz CT molecular complexity index is 701. The van der Waals surface area contributed by atoms with Gasteiger partial charge in [0.25, 0.3) is 5.91 Å². The molecule has 0 unspecified atom stereocenters. The number of nitrogens with zero attached hydrogens (tertiary/aromatic N) is 1. The summed E-state index contributed by atoms with van der Waals surface area (Å²) in [6, 6.07) is 11.9. The SMILES string of the molecule is CCN(C)Cc1cccc(CNC(=O)CCCNC(=O)c2cccs2)c1. The molecule has 5 nitrogen and oxygen atoms in total. The summed E-state index contributed by atoms with van der Waals surface area (Å²) < 4.78 is 0. The fourth-order valence-corrected chi connectivity index (χ4v) is 3.14. The van der Waals surface area contributed by atoms with E-state index in [4.69, 9.17) is 0 Å². The summed E-state index contributed by atoms with van der Waals surface area (Å²) in [6.45, 7) is 5.08. The van der Waals surface area contributed by atoms with Crippen LogP contribution in [0.25, 0.3) is 0 Å². The van der Waals surface area contributed by atoms with Gasteiger partial charge in [0, 0.05) is 26.1 Å². The van der Waals surface area contributed by atoms with Crippen molar-refractivity contribution >= 4 is 23.2 Å². The second-order valence-electron chi connectivity index (χ2n) is 6.26. The number of carbonyl (C=O) groups is 2. The van der Waals surface area contributed by atoms with Crippen LogP contribution in [0.15, 0.2) is 41.8 Å². The summed E-state index contributed by atoms with van der Waals surface area (Å²) >= 11 is 1.41. The topological polar surface area (TPSA) is 61.4 Å². The van der Waals surface area contributed by atoms with Crippen molar-refractivity contribution in [2.24, 2.45) is 0 Å². The van der Waals surface area contributed by atoms with Crippen molar-refractivity contribution in [1.82, 2.24) is 15.5 Å². The number of benzene rings is 1. The van der Waals surface area contributed by atoms with Crippen LogP contribution < -0.4 is 10.6 Å².